The predicted molar refractivity (Wildman–Crippen MR) is 116 cm³/mol. The molecule has 0 radical (unpaired) electrons. The zero-order valence-corrected chi connectivity index (χ0v) is 18.4. The van der Waals surface area contributed by atoms with Gasteiger partial charge in [0.05, 0.1) is 24.1 Å². The molecule has 0 atom stereocenters. The minimum atomic E-state index is -0.121. The van der Waals surface area contributed by atoms with E-state index in [9.17, 15) is 4.79 Å². The molecule has 3 aromatic rings. The lowest BCUT2D eigenvalue weighted by Gasteiger charge is -2.11. The normalized spacial score (nSPS) is 10.7. The number of carbonyl (C=O) groups excluding carboxylic acids is 1. The summed E-state index contributed by atoms with van der Waals surface area (Å²) in [6.45, 7) is 2.64. The number of aromatic nitrogens is 3. The Morgan fingerprint density at radius 3 is 2.79 bits per heavy atom. The number of ether oxygens (including phenoxy) is 1. The Balaban J connectivity index is 1.77. The minimum Gasteiger partial charge on any atom is -0.496 e. The monoisotopic (exact) mass is 480 g/mol. The molecule has 1 N–H and O–H groups in total. The van der Waals surface area contributed by atoms with E-state index in [2.05, 4.69) is 31.4 Å². The van der Waals surface area contributed by atoms with E-state index in [4.69, 9.17) is 16.3 Å². The van der Waals surface area contributed by atoms with Crippen LogP contribution in [0, 0.1) is 0 Å². The van der Waals surface area contributed by atoms with Crippen molar-refractivity contribution in [2.24, 2.45) is 0 Å². The molecule has 1 heterocycles. The maximum absolute atomic E-state index is 12.3. The fraction of sp³-hybridized carbons (Fsp3) is 0.211. The number of methoxy groups -OCH3 is 1. The first-order valence-corrected chi connectivity index (χ1v) is 10.6. The van der Waals surface area contributed by atoms with Gasteiger partial charge >= 0.3 is 0 Å². The summed E-state index contributed by atoms with van der Waals surface area (Å²) in [6.07, 6.45) is 0. The van der Waals surface area contributed by atoms with E-state index in [0.717, 1.165) is 15.7 Å². The van der Waals surface area contributed by atoms with Crippen LogP contribution in [0.15, 0.2) is 52.1 Å². The zero-order valence-electron chi connectivity index (χ0n) is 15.3. The smallest absolute Gasteiger partial charge is 0.234 e. The third-order valence-corrected chi connectivity index (χ3v) is 5.81. The van der Waals surface area contributed by atoms with Crippen LogP contribution in [0.3, 0.4) is 0 Å². The molecule has 0 unspecified atom stereocenters. The van der Waals surface area contributed by atoms with Crippen molar-refractivity contribution in [3.8, 4) is 17.1 Å². The Morgan fingerprint density at radius 1 is 1.29 bits per heavy atom. The molecule has 9 heteroatoms. The Morgan fingerprint density at radius 2 is 2.07 bits per heavy atom. The van der Waals surface area contributed by atoms with Crippen molar-refractivity contribution in [1.82, 2.24) is 14.8 Å². The first-order valence-electron chi connectivity index (χ1n) is 8.47. The van der Waals surface area contributed by atoms with Gasteiger partial charge < -0.3 is 14.6 Å². The second-order valence-electron chi connectivity index (χ2n) is 5.71. The van der Waals surface area contributed by atoms with Crippen LogP contribution in [-0.2, 0) is 11.3 Å². The summed E-state index contributed by atoms with van der Waals surface area (Å²) < 4.78 is 8.19. The number of thioether (sulfide) groups is 1. The van der Waals surface area contributed by atoms with Crippen LogP contribution in [0.1, 0.15) is 6.92 Å². The molecule has 1 aromatic heterocycles. The van der Waals surface area contributed by atoms with Gasteiger partial charge in [-0.05, 0) is 53.2 Å². The number of hydrogen-bond acceptors (Lipinski definition) is 5. The van der Waals surface area contributed by atoms with Crippen molar-refractivity contribution in [2.45, 2.75) is 18.6 Å². The molecule has 0 saturated heterocycles. The van der Waals surface area contributed by atoms with E-state index < -0.39 is 0 Å². The molecule has 28 heavy (non-hydrogen) atoms. The first kappa shape index (κ1) is 20.7. The third kappa shape index (κ3) is 4.68. The molecule has 0 saturated carbocycles. The molecule has 2 aromatic carbocycles. The highest BCUT2D eigenvalue weighted by atomic mass is 79.9. The maximum atomic E-state index is 12.3. The molecule has 6 nitrogen and oxygen atoms in total. The fourth-order valence-electron chi connectivity index (χ4n) is 2.61. The summed E-state index contributed by atoms with van der Waals surface area (Å²) in [6, 6.07) is 12.8. The van der Waals surface area contributed by atoms with Gasteiger partial charge in [0.1, 0.15) is 5.75 Å². The fourth-order valence-corrected chi connectivity index (χ4v) is 3.97. The van der Waals surface area contributed by atoms with Crippen molar-refractivity contribution in [2.75, 3.05) is 18.2 Å². The van der Waals surface area contributed by atoms with Crippen LogP contribution >= 0.6 is 39.3 Å². The number of nitrogens with one attached hydrogen (secondary N) is 1. The van der Waals surface area contributed by atoms with E-state index in [1.807, 2.05) is 35.8 Å². The quantitative estimate of drug-likeness (QED) is 0.474. The van der Waals surface area contributed by atoms with Gasteiger partial charge in [0.15, 0.2) is 11.0 Å². The van der Waals surface area contributed by atoms with Crippen LogP contribution in [0.4, 0.5) is 5.69 Å². The van der Waals surface area contributed by atoms with E-state index in [1.165, 1.54) is 11.8 Å². The van der Waals surface area contributed by atoms with Gasteiger partial charge in [-0.15, -0.1) is 10.2 Å². The number of anilines is 1. The number of amides is 1. The van der Waals surface area contributed by atoms with Gasteiger partial charge in [-0.1, -0.05) is 35.5 Å². The number of hydrogen-bond donors (Lipinski definition) is 1. The summed E-state index contributed by atoms with van der Waals surface area (Å²) in [5.74, 6) is 1.40. The molecular formula is C19H18BrClN4O2S. The molecule has 0 aliphatic rings. The van der Waals surface area contributed by atoms with Crippen molar-refractivity contribution in [3.05, 3.63) is 52.0 Å². The summed E-state index contributed by atoms with van der Waals surface area (Å²) in [5.41, 5.74) is 1.49. The van der Waals surface area contributed by atoms with E-state index in [-0.39, 0.29) is 11.7 Å². The Hall–Kier alpha value is -2.03. The highest BCUT2D eigenvalue weighted by Gasteiger charge is 2.18. The number of para-hydroxylation sites is 1. The lowest BCUT2D eigenvalue weighted by atomic mass is 10.2. The van der Waals surface area contributed by atoms with Gasteiger partial charge in [-0.2, -0.15) is 0 Å². The summed E-state index contributed by atoms with van der Waals surface area (Å²) in [5, 5.41) is 12.7. The largest absolute Gasteiger partial charge is 0.496 e. The molecule has 0 aliphatic carbocycles. The lowest BCUT2D eigenvalue weighted by molar-refractivity contribution is -0.113. The molecule has 3 rings (SSSR count). The van der Waals surface area contributed by atoms with E-state index in [0.29, 0.717) is 28.3 Å². The van der Waals surface area contributed by atoms with E-state index in [1.54, 1.807) is 25.3 Å². The molecular weight excluding hydrogens is 464 g/mol. The molecule has 146 valence electrons. The number of carbonyl (C=O) groups is 1. The zero-order chi connectivity index (χ0) is 20.1. The van der Waals surface area contributed by atoms with Gasteiger partial charge in [-0.25, -0.2) is 0 Å². The van der Waals surface area contributed by atoms with Gasteiger partial charge in [0.25, 0.3) is 0 Å². The first-order chi connectivity index (χ1) is 13.5. The van der Waals surface area contributed by atoms with Gasteiger partial charge in [0.2, 0.25) is 5.91 Å². The Kier molecular flexibility index (Phi) is 6.98. The van der Waals surface area contributed by atoms with Crippen LogP contribution in [0.25, 0.3) is 11.4 Å². The van der Waals surface area contributed by atoms with Gasteiger partial charge in [0, 0.05) is 16.0 Å². The standard InChI is InChI=1S/C19H18BrClN4O2S/c1-3-25-18(13-10-12(21)8-9-16(13)27-2)23-24-19(25)28-11-17(26)22-15-7-5-4-6-14(15)20/h4-10H,3,11H2,1-2H3,(H,22,26). The topological polar surface area (TPSA) is 69.0 Å². The number of rotatable bonds is 7. The van der Waals surface area contributed by atoms with E-state index >= 15 is 0 Å². The average molecular weight is 482 g/mol. The van der Waals surface area contributed by atoms with Gasteiger partial charge in [-0.3, -0.25) is 4.79 Å². The number of halogens is 2. The highest BCUT2D eigenvalue weighted by molar-refractivity contribution is 9.10. The Labute approximate surface area is 180 Å². The number of benzene rings is 2. The third-order valence-electron chi connectivity index (χ3n) is 3.92. The summed E-state index contributed by atoms with van der Waals surface area (Å²) >= 11 is 10.9. The second kappa shape index (κ2) is 9.45. The Bertz CT molecular complexity index is 996. The van der Waals surface area contributed by atoms with Crippen LogP contribution in [-0.4, -0.2) is 33.5 Å². The summed E-state index contributed by atoms with van der Waals surface area (Å²) in [4.78, 5) is 12.3. The van der Waals surface area contributed by atoms with Crippen molar-refractivity contribution in [3.63, 3.8) is 0 Å². The van der Waals surface area contributed by atoms with Crippen LogP contribution < -0.4 is 10.1 Å². The van der Waals surface area contributed by atoms with Crippen LogP contribution in [0.5, 0.6) is 5.75 Å². The maximum Gasteiger partial charge on any atom is 0.234 e. The molecule has 0 aliphatic heterocycles. The molecule has 0 spiro atoms. The molecule has 0 fully saturated rings. The van der Waals surface area contributed by atoms with Crippen molar-refractivity contribution in [1.29, 1.82) is 0 Å². The SMILES string of the molecule is CCn1c(SCC(=O)Nc2ccccc2Br)nnc1-c1cc(Cl)ccc1OC. The van der Waals surface area contributed by atoms with Crippen molar-refractivity contribution < 1.29 is 9.53 Å². The highest BCUT2D eigenvalue weighted by Crippen LogP contribution is 2.33. The lowest BCUT2D eigenvalue weighted by Crippen LogP contribution is -2.15. The molecule has 0 bridgehead atoms. The summed E-state index contributed by atoms with van der Waals surface area (Å²) in [7, 11) is 1.60. The second-order valence-corrected chi connectivity index (χ2v) is 7.95. The average Bonchev–Trinajstić information content (AvgIpc) is 3.11. The van der Waals surface area contributed by atoms with Crippen molar-refractivity contribution >= 4 is 50.9 Å². The number of nitrogens with zero attached hydrogens (tertiary/aromatic N) is 3. The van der Waals surface area contributed by atoms with Crippen LogP contribution in [0.2, 0.25) is 5.02 Å². The predicted octanol–water partition coefficient (Wildman–Crippen LogP) is 5.12. The minimum absolute atomic E-state index is 0.121. The molecule has 1 amide bonds.